The Balaban J connectivity index is 1.95. The maximum Gasteiger partial charge on any atom is 0.229 e. The molecule has 0 amide bonds. The van der Waals surface area contributed by atoms with Crippen molar-refractivity contribution >= 4 is 39.1 Å². The molecule has 0 bridgehead atoms. The molecule has 22 heavy (non-hydrogen) atoms. The summed E-state index contributed by atoms with van der Waals surface area (Å²) >= 11 is 0. The first-order valence-electron chi connectivity index (χ1n) is 6.76. The Morgan fingerprint density at radius 2 is 1.55 bits per heavy atom. The van der Waals surface area contributed by atoms with Crippen molar-refractivity contribution in [2.24, 2.45) is 0 Å². The molecule has 106 valence electrons. The molecule has 0 atom stereocenters. The molecule has 2 aromatic carbocycles. The number of hydrogen-bond acceptors (Lipinski definition) is 4. The monoisotopic (exact) mass is 290 g/mol. The van der Waals surface area contributed by atoms with E-state index in [1.54, 1.807) is 12.1 Å². The first-order chi connectivity index (χ1) is 10.6. The van der Waals surface area contributed by atoms with Gasteiger partial charge in [-0.2, -0.15) is 0 Å². The van der Waals surface area contributed by atoms with Crippen LogP contribution < -0.4 is 0 Å². The summed E-state index contributed by atoms with van der Waals surface area (Å²) in [5, 5.41) is 11.8. The summed E-state index contributed by atoms with van der Waals surface area (Å²) in [4.78, 5) is 22.8. The van der Waals surface area contributed by atoms with Gasteiger partial charge in [0.2, 0.25) is 11.6 Å². The number of aliphatic hydroxyl groups excluding tert-OH is 1. The fourth-order valence-corrected chi connectivity index (χ4v) is 2.67. The molecule has 4 heteroatoms. The van der Waals surface area contributed by atoms with Crippen molar-refractivity contribution in [3.05, 3.63) is 65.9 Å². The maximum absolute atomic E-state index is 11.5. The Bertz CT molecular complexity index is 1020. The molecule has 0 radical (unpaired) electrons. The number of hydrogen-bond donors (Lipinski definition) is 1. The lowest BCUT2D eigenvalue weighted by Gasteiger charge is -2.10. The second kappa shape index (κ2) is 4.43. The van der Waals surface area contributed by atoms with Gasteiger partial charge in [0.25, 0.3) is 0 Å². The van der Waals surface area contributed by atoms with E-state index in [9.17, 15) is 14.7 Å². The predicted octanol–water partition coefficient (Wildman–Crippen LogP) is 3.56. The third kappa shape index (κ3) is 1.78. The van der Waals surface area contributed by atoms with Gasteiger partial charge in [0.15, 0.2) is 0 Å². The second-order valence-electron chi connectivity index (χ2n) is 5.13. The summed E-state index contributed by atoms with van der Waals surface area (Å²) in [5.74, 6) is -1.54. The highest BCUT2D eigenvalue weighted by molar-refractivity contribution is 6.48. The van der Waals surface area contributed by atoms with Gasteiger partial charge < -0.3 is 9.52 Å². The number of carbonyl (C=O) groups is 2. The molecule has 4 nitrogen and oxygen atoms in total. The SMILES string of the molecule is O=C1C=C(O)C(c2ccc3oc4ccccc4c3c2)=CC1=O. The van der Waals surface area contributed by atoms with Gasteiger partial charge >= 0.3 is 0 Å². The largest absolute Gasteiger partial charge is 0.507 e. The van der Waals surface area contributed by atoms with Crippen molar-refractivity contribution < 1.29 is 19.1 Å². The van der Waals surface area contributed by atoms with E-state index in [-0.39, 0.29) is 5.76 Å². The quantitative estimate of drug-likeness (QED) is 0.549. The van der Waals surface area contributed by atoms with Crippen LogP contribution in [0.1, 0.15) is 5.56 Å². The van der Waals surface area contributed by atoms with Gasteiger partial charge in [-0.15, -0.1) is 0 Å². The number of furan rings is 1. The molecular formula is C18H10O4. The standard InChI is InChI=1S/C18H10O4/c19-14-9-16(21)15(20)8-12(14)10-5-6-18-13(7-10)11-3-1-2-4-17(11)22-18/h1-9,19H. The van der Waals surface area contributed by atoms with E-state index in [2.05, 4.69) is 0 Å². The predicted molar refractivity (Wildman–Crippen MR) is 82.4 cm³/mol. The van der Waals surface area contributed by atoms with Crippen LogP contribution in [-0.4, -0.2) is 16.7 Å². The van der Waals surface area contributed by atoms with Crippen LogP contribution in [0, 0.1) is 0 Å². The molecule has 0 saturated heterocycles. The highest BCUT2D eigenvalue weighted by Gasteiger charge is 2.21. The average molecular weight is 290 g/mol. The molecule has 0 aliphatic heterocycles. The minimum absolute atomic E-state index is 0.197. The number of fused-ring (bicyclic) bond motifs is 3. The molecule has 3 aromatic rings. The number of allylic oxidation sites excluding steroid dienone is 3. The Kier molecular flexibility index (Phi) is 2.53. The van der Waals surface area contributed by atoms with Crippen LogP contribution in [0.2, 0.25) is 0 Å². The van der Waals surface area contributed by atoms with Crippen molar-refractivity contribution in [1.82, 2.24) is 0 Å². The van der Waals surface area contributed by atoms with Gasteiger partial charge in [0, 0.05) is 28.5 Å². The summed E-state index contributed by atoms with van der Waals surface area (Å²) in [5.41, 5.74) is 2.51. The molecular weight excluding hydrogens is 280 g/mol. The van der Waals surface area contributed by atoms with E-state index in [4.69, 9.17) is 4.42 Å². The molecule has 1 aromatic heterocycles. The topological polar surface area (TPSA) is 67.5 Å². The molecule has 0 fully saturated rings. The molecule has 1 heterocycles. The van der Waals surface area contributed by atoms with Crippen LogP contribution in [0.25, 0.3) is 27.5 Å². The van der Waals surface area contributed by atoms with Crippen molar-refractivity contribution in [3.8, 4) is 0 Å². The minimum Gasteiger partial charge on any atom is -0.507 e. The van der Waals surface area contributed by atoms with Crippen LogP contribution in [0.5, 0.6) is 0 Å². The van der Waals surface area contributed by atoms with E-state index in [1.165, 1.54) is 6.08 Å². The van der Waals surface area contributed by atoms with Crippen molar-refractivity contribution in [2.75, 3.05) is 0 Å². The van der Waals surface area contributed by atoms with Gasteiger partial charge in [-0.05, 0) is 23.8 Å². The third-order valence-corrected chi connectivity index (χ3v) is 3.75. The van der Waals surface area contributed by atoms with Crippen molar-refractivity contribution in [2.45, 2.75) is 0 Å². The summed E-state index contributed by atoms with van der Waals surface area (Å²) in [6.07, 6.45) is 2.12. The Labute approximate surface area is 125 Å². The maximum atomic E-state index is 11.5. The van der Waals surface area contributed by atoms with Crippen molar-refractivity contribution in [1.29, 1.82) is 0 Å². The molecule has 1 aliphatic carbocycles. The van der Waals surface area contributed by atoms with Gasteiger partial charge in [-0.1, -0.05) is 24.3 Å². The lowest BCUT2D eigenvalue weighted by atomic mass is 9.95. The average Bonchev–Trinajstić information content (AvgIpc) is 2.89. The van der Waals surface area contributed by atoms with E-state index in [1.807, 2.05) is 30.3 Å². The molecule has 0 unspecified atom stereocenters. The number of para-hydroxylation sites is 1. The molecule has 1 aliphatic rings. The number of benzene rings is 2. The van der Waals surface area contributed by atoms with Gasteiger partial charge in [0.1, 0.15) is 16.9 Å². The van der Waals surface area contributed by atoms with Gasteiger partial charge in [-0.25, -0.2) is 0 Å². The number of carbonyl (C=O) groups excluding carboxylic acids is 2. The van der Waals surface area contributed by atoms with Crippen LogP contribution in [0.3, 0.4) is 0 Å². The fourth-order valence-electron chi connectivity index (χ4n) is 2.67. The van der Waals surface area contributed by atoms with E-state index >= 15 is 0 Å². The number of ketones is 2. The van der Waals surface area contributed by atoms with E-state index < -0.39 is 11.6 Å². The smallest absolute Gasteiger partial charge is 0.229 e. The lowest BCUT2D eigenvalue weighted by molar-refractivity contribution is -0.131. The lowest BCUT2D eigenvalue weighted by Crippen LogP contribution is -2.14. The van der Waals surface area contributed by atoms with Crippen LogP contribution in [-0.2, 0) is 9.59 Å². The first kappa shape index (κ1) is 12.6. The van der Waals surface area contributed by atoms with Crippen molar-refractivity contribution in [3.63, 3.8) is 0 Å². The number of rotatable bonds is 1. The highest BCUT2D eigenvalue weighted by atomic mass is 16.3. The van der Waals surface area contributed by atoms with E-state index in [0.717, 1.165) is 28.0 Å². The van der Waals surface area contributed by atoms with Crippen LogP contribution >= 0.6 is 0 Å². The summed E-state index contributed by atoms with van der Waals surface area (Å²) in [6, 6.07) is 13.0. The Morgan fingerprint density at radius 1 is 0.818 bits per heavy atom. The number of aliphatic hydroxyl groups is 1. The third-order valence-electron chi connectivity index (χ3n) is 3.75. The molecule has 1 N–H and O–H groups in total. The molecule has 0 saturated carbocycles. The zero-order chi connectivity index (χ0) is 15.3. The zero-order valence-corrected chi connectivity index (χ0v) is 11.4. The summed E-state index contributed by atoms with van der Waals surface area (Å²) < 4.78 is 5.74. The van der Waals surface area contributed by atoms with Crippen LogP contribution in [0.4, 0.5) is 0 Å². The second-order valence-corrected chi connectivity index (χ2v) is 5.13. The summed E-state index contributed by atoms with van der Waals surface area (Å²) in [7, 11) is 0. The highest BCUT2D eigenvalue weighted by Crippen LogP contribution is 2.32. The Morgan fingerprint density at radius 3 is 2.41 bits per heavy atom. The van der Waals surface area contributed by atoms with Gasteiger partial charge in [0.05, 0.1) is 0 Å². The Hall–Kier alpha value is -3.14. The first-order valence-corrected chi connectivity index (χ1v) is 6.76. The van der Waals surface area contributed by atoms with Gasteiger partial charge in [-0.3, -0.25) is 9.59 Å². The molecule has 0 spiro atoms. The van der Waals surface area contributed by atoms with Crippen LogP contribution in [0.15, 0.2) is 64.8 Å². The fraction of sp³-hybridized carbons (Fsp3) is 0. The molecule has 4 rings (SSSR count). The van der Waals surface area contributed by atoms with E-state index in [0.29, 0.717) is 11.1 Å². The summed E-state index contributed by atoms with van der Waals surface area (Å²) in [6.45, 7) is 0. The normalized spacial score (nSPS) is 15.3. The zero-order valence-electron chi connectivity index (χ0n) is 11.4. The minimum atomic E-state index is -0.712.